The molecule has 3 aromatic carbocycles. The Kier molecular flexibility index (Phi) is 4.74. The van der Waals surface area contributed by atoms with Crippen LogP contribution in [0.2, 0.25) is 0 Å². The molecule has 9 heteroatoms. The Balaban J connectivity index is 1.73. The fourth-order valence-corrected chi connectivity index (χ4v) is 4.10. The Morgan fingerprint density at radius 3 is 2.42 bits per heavy atom. The lowest BCUT2D eigenvalue weighted by molar-refractivity contribution is -0.384. The third-order valence-electron chi connectivity index (χ3n) is 5.59. The van der Waals surface area contributed by atoms with Crippen molar-refractivity contribution in [2.45, 2.75) is 12.6 Å². The highest BCUT2D eigenvalue weighted by molar-refractivity contribution is 5.99. The molecule has 33 heavy (non-hydrogen) atoms. The van der Waals surface area contributed by atoms with Gasteiger partial charge in [-0.2, -0.15) is 0 Å². The van der Waals surface area contributed by atoms with Crippen LogP contribution in [-0.4, -0.2) is 15.7 Å². The van der Waals surface area contributed by atoms with Crippen LogP contribution in [0.4, 0.5) is 14.5 Å². The van der Waals surface area contributed by atoms with Gasteiger partial charge in [0.2, 0.25) is 5.76 Å². The fourth-order valence-electron chi connectivity index (χ4n) is 4.10. The van der Waals surface area contributed by atoms with Crippen LogP contribution in [0.3, 0.4) is 0 Å². The number of fused-ring (bicyclic) bond motifs is 2. The summed E-state index contributed by atoms with van der Waals surface area (Å²) in [6, 6.07) is 13.5. The third-order valence-corrected chi connectivity index (χ3v) is 5.59. The highest BCUT2D eigenvalue weighted by Crippen LogP contribution is 2.40. The first kappa shape index (κ1) is 20.5. The Morgan fingerprint density at radius 2 is 1.70 bits per heavy atom. The molecule has 0 spiro atoms. The largest absolute Gasteiger partial charge is 0.450 e. The molecule has 0 aliphatic carbocycles. The molecular formula is C24H14F2N2O5. The highest BCUT2D eigenvalue weighted by Gasteiger charge is 2.43. The van der Waals surface area contributed by atoms with Gasteiger partial charge in [0, 0.05) is 18.7 Å². The quantitative estimate of drug-likeness (QED) is 0.333. The van der Waals surface area contributed by atoms with Gasteiger partial charge >= 0.3 is 0 Å². The molecule has 1 aliphatic rings. The molecule has 4 aromatic rings. The summed E-state index contributed by atoms with van der Waals surface area (Å²) in [5, 5.41) is 11.3. The van der Waals surface area contributed by atoms with Crippen molar-refractivity contribution in [2.24, 2.45) is 0 Å². The van der Waals surface area contributed by atoms with Crippen LogP contribution < -0.4 is 5.43 Å². The summed E-state index contributed by atoms with van der Waals surface area (Å²) >= 11 is 0. The molecule has 2 heterocycles. The molecule has 0 saturated carbocycles. The maximum absolute atomic E-state index is 13.8. The van der Waals surface area contributed by atoms with Crippen molar-refractivity contribution in [2.75, 3.05) is 0 Å². The summed E-state index contributed by atoms with van der Waals surface area (Å²) in [6.07, 6.45) is 0. The minimum absolute atomic E-state index is 0.0131. The van der Waals surface area contributed by atoms with Gasteiger partial charge in [-0.1, -0.05) is 24.3 Å². The second-order valence-electron chi connectivity index (χ2n) is 7.63. The smallest absolute Gasteiger partial charge is 0.291 e. The number of rotatable bonds is 4. The number of benzene rings is 3. The predicted octanol–water partition coefficient (Wildman–Crippen LogP) is 4.72. The first-order valence-corrected chi connectivity index (χ1v) is 9.89. The Morgan fingerprint density at radius 1 is 0.970 bits per heavy atom. The number of hydrogen-bond acceptors (Lipinski definition) is 5. The molecule has 0 N–H and O–H groups in total. The second kappa shape index (κ2) is 7.63. The van der Waals surface area contributed by atoms with Crippen LogP contribution in [0.25, 0.3) is 11.0 Å². The second-order valence-corrected chi connectivity index (χ2v) is 7.63. The number of halogens is 2. The molecule has 5 rings (SSSR count). The number of non-ortho nitro benzene ring substituents is 1. The van der Waals surface area contributed by atoms with Crippen molar-refractivity contribution in [1.82, 2.24) is 4.90 Å². The van der Waals surface area contributed by atoms with Crippen LogP contribution in [-0.2, 0) is 6.54 Å². The van der Waals surface area contributed by atoms with Gasteiger partial charge < -0.3 is 9.32 Å². The maximum atomic E-state index is 13.8. The van der Waals surface area contributed by atoms with Crippen LogP contribution >= 0.6 is 0 Å². The zero-order valence-electron chi connectivity index (χ0n) is 16.8. The lowest BCUT2D eigenvalue weighted by Crippen LogP contribution is -2.29. The zero-order valence-corrected chi connectivity index (χ0v) is 16.8. The minimum Gasteiger partial charge on any atom is -0.450 e. The predicted molar refractivity (Wildman–Crippen MR) is 114 cm³/mol. The SMILES string of the molecule is O=C1c2oc3ccc(F)cc3c(=O)c2C(c2cccc([N+](=O)[O-])c2)N1Cc1ccc(F)cc1. The van der Waals surface area contributed by atoms with Gasteiger partial charge in [0.15, 0.2) is 5.43 Å². The fraction of sp³-hybridized carbons (Fsp3) is 0.0833. The van der Waals surface area contributed by atoms with Gasteiger partial charge in [0.05, 0.1) is 21.9 Å². The van der Waals surface area contributed by atoms with E-state index in [1.54, 1.807) is 6.07 Å². The summed E-state index contributed by atoms with van der Waals surface area (Å²) in [5.74, 6) is -1.91. The Labute approximate surface area is 184 Å². The van der Waals surface area contributed by atoms with E-state index < -0.39 is 33.9 Å². The van der Waals surface area contributed by atoms with Gasteiger partial charge in [0.1, 0.15) is 17.2 Å². The van der Waals surface area contributed by atoms with E-state index in [9.17, 15) is 28.5 Å². The molecule has 1 unspecified atom stereocenters. The number of carbonyl (C=O) groups excluding carboxylic acids is 1. The van der Waals surface area contributed by atoms with Gasteiger partial charge in [-0.25, -0.2) is 8.78 Å². The standard InChI is InChI=1S/C24H14F2N2O5/c25-15-6-4-13(5-7-15)12-27-21(14-2-1-3-17(10-14)28(31)32)20-22(29)18-11-16(26)8-9-19(18)33-23(20)24(27)30/h1-11,21H,12H2. The summed E-state index contributed by atoms with van der Waals surface area (Å²) in [6.45, 7) is -0.0131. The third kappa shape index (κ3) is 3.43. The molecule has 1 atom stereocenters. The lowest BCUT2D eigenvalue weighted by Gasteiger charge is -2.25. The lowest BCUT2D eigenvalue weighted by atomic mass is 9.98. The number of hydrogen-bond donors (Lipinski definition) is 0. The summed E-state index contributed by atoms with van der Waals surface area (Å²) in [7, 11) is 0. The van der Waals surface area contributed by atoms with Crippen LogP contribution in [0.5, 0.6) is 0 Å². The van der Waals surface area contributed by atoms with Crippen LogP contribution in [0.15, 0.2) is 75.9 Å². The minimum atomic E-state index is -1.01. The van der Waals surface area contributed by atoms with Gasteiger partial charge in [-0.15, -0.1) is 0 Å². The van der Waals surface area contributed by atoms with E-state index in [0.29, 0.717) is 11.1 Å². The van der Waals surface area contributed by atoms with Crippen LogP contribution in [0.1, 0.15) is 33.3 Å². The number of amides is 1. The van der Waals surface area contributed by atoms with Crippen molar-refractivity contribution in [3.63, 3.8) is 0 Å². The van der Waals surface area contributed by atoms with E-state index in [2.05, 4.69) is 0 Å². The molecule has 1 amide bonds. The van der Waals surface area contributed by atoms with Crippen molar-refractivity contribution in [3.05, 3.63) is 121 Å². The Bertz CT molecular complexity index is 1500. The van der Waals surface area contributed by atoms with Crippen molar-refractivity contribution in [1.29, 1.82) is 0 Å². The van der Waals surface area contributed by atoms with E-state index >= 15 is 0 Å². The van der Waals surface area contributed by atoms with E-state index in [-0.39, 0.29) is 34.5 Å². The van der Waals surface area contributed by atoms with Gasteiger partial charge in [-0.3, -0.25) is 19.7 Å². The van der Waals surface area contributed by atoms with E-state index in [1.165, 1.54) is 53.4 Å². The van der Waals surface area contributed by atoms with Crippen molar-refractivity contribution >= 4 is 22.6 Å². The highest BCUT2D eigenvalue weighted by atomic mass is 19.1. The molecule has 0 radical (unpaired) electrons. The number of nitrogens with zero attached hydrogens (tertiary/aromatic N) is 2. The molecular weight excluding hydrogens is 434 g/mol. The number of nitro groups is 1. The first-order valence-electron chi connectivity index (χ1n) is 9.89. The summed E-state index contributed by atoms with van der Waals surface area (Å²) in [5.41, 5.74) is 0.108. The van der Waals surface area contributed by atoms with Crippen LogP contribution in [0, 0.1) is 21.7 Å². The van der Waals surface area contributed by atoms with Gasteiger partial charge in [-0.05, 0) is 41.5 Å². The molecule has 164 valence electrons. The van der Waals surface area contributed by atoms with Gasteiger partial charge in [0.25, 0.3) is 11.6 Å². The van der Waals surface area contributed by atoms with Crippen molar-refractivity contribution in [3.8, 4) is 0 Å². The van der Waals surface area contributed by atoms with Crippen molar-refractivity contribution < 1.29 is 22.9 Å². The summed E-state index contributed by atoms with van der Waals surface area (Å²) in [4.78, 5) is 38.8. The normalized spacial score (nSPS) is 15.2. The molecule has 0 bridgehead atoms. The van der Waals surface area contributed by atoms with E-state index in [0.717, 1.165) is 12.1 Å². The number of carbonyl (C=O) groups is 1. The molecule has 0 saturated heterocycles. The molecule has 7 nitrogen and oxygen atoms in total. The first-order chi connectivity index (χ1) is 15.8. The Hall–Kier alpha value is -4.40. The maximum Gasteiger partial charge on any atom is 0.291 e. The molecule has 0 fully saturated rings. The topological polar surface area (TPSA) is 93.7 Å². The average molecular weight is 448 g/mol. The molecule has 1 aromatic heterocycles. The number of nitro benzene ring substituents is 1. The average Bonchev–Trinajstić information content (AvgIpc) is 3.08. The van der Waals surface area contributed by atoms with E-state index in [4.69, 9.17) is 4.42 Å². The summed E-state index contributed by atoms with van der Waals surface area (Å²) < 4.78 is 32.9. The zero-order chi connectivity index (χ0) is 23.3. The van der Waals surface area contributed by atoms with E-state index in [1.807, 2.05) is 0 Å². The molecule has 1 aliphatic heterocycles. The monoisotopic (exact) mass is 448 g/mol.